The molecule has 1 aliphatic rings. The Bertz CT molecular complexity index is 1420. The Morgan fingerprint density at radius 3 is 2.79 bits per heavy atom. The summed E-state index contributed by atoms with van der Waals surface area (Å²) in [7, 11) is 0. The van der Waals surface area contributed by atoms with E-state index in [1.807, 2.05) is 24.3 Å². The first-order valence-electron chi connectivity index (χ1n) is 12.2. The molecule has 5 rings (SSSR count). The van der Waals surface area contributed by atoms with Gasteiger partial charge in [0.25, 0.3) is 0 Å². The molecule has 3 N–H and O–H groups in total. The Kier molecular flexibility index (Phi) is 8.10. The van der Waals surface area contributed by atoms with Gasteiger partial charge in [-0.1, -0.05) is 17.7 Å². The number of aromatic nitrogens is 3. The molecular formula is C27H26ClFN6O3. The molecule has 1 amide bonds. The number of nitrogens with zero attached hydrogens (tertiary/aromatic N) is 3. The summed E-state index contributed by atoms with van der Waals surface area (Å²) in [5.41, 5.74) is 2.45. The minimum atomic E-state index is -0.658. The van der Waals surface area contributed by atoms with Crippen molar-refractivity contribution < 1.29 is 18.7 Å². The maximum atomic E-state index is 12.9. The lowest BCUT2D eigenvalue weighted by molar-refractivity contribution is -0.117. The van der Waals surface area contributed by atoms with Gasteiger partial charge in [0.05, 0.1) is 28.0 Å². The van der Waals surface area contributed by atoms with Crippen LogP contribution in [0.5, 0.6) is 11.5 Å². The van der Waals surface area contributed by atoms with Crippen molar-refractivity contribution in [1.82, 2.24) is 20.3 Å². The van der Waals surface area contributed by atoms with Gasteiger partial charge in [-0.2, -0.15) is 0 Å². The third-order valence-electron chi connectivity index (χ3n) is 6.00. The zero-order valence-corrected chi connectivity index (χ0v) is 21.2. The van der Waals surface area contributed by atoms with Gasteiger partial charge in [0.1, 0.15) is 43.5 Å². The van der Waals surface area contributed by atoms with Crippen LogP contribution in [0.4, 0.5) is 21.6 Å². The summed E-state index contributed by atoms with van der Waals surface area (Å²) >= 11 is 6.48. The number of halogens is 2. The molecule has 4 aromatic rings. The molecule has 196 valence electrons. The van der Waals surface area contributed by atoms with Crippen LogP contribution < -0.4 is 25.4 Å². The second-order valence-corrected chi connectivity index (χ2v) is 9.05. The number of hydrogen-bond acceptors (Lipinski definition) is 8. The van der Waals surface area contributed by atoms with E-state index in [-0.39, 0.29) is 18.6 Å². The Morgan fingerprint density at radius 2 is 2.03 bits per heavy atom. The Labute approximate surface area is 223 Å². The Morgan fingerprint density at radius 1 is 1.11 bits per heavy atom. The molecular weight excluding hydrogens is 511 g/mol. The SMILES string of the molecule is O=C(Nc1cc2c(Nc3ccc(OCc4ccccn4)c(Cl)c3)ncnc2cc1OCCF)[C@H]1CCCN1. The lowest BCUT2D eigenvalue weighted by Gasteiger charge is -2.17. The fraction of sp³-hybridized carbons (Fsp3) is 0.259. The van der Waals surface area contributed by atoms with Gasteiger partial charge in [-0.25, -0.2) is 14.4 Å². The van der Waals surface area contributed by atoms with E-state index in [1.54, 1.807) is 30.5 Å². The number of carbonyl (C=O) groups is 1. The van der Waals surface area contributed by atoms with Crippen LogP contribution in [0.15, 0.2) is 61.1 Å². The van der Waals surface area contributed by atoms with Crippen LogP contribution in [0.1, 0.15) is 18.5 Å². The largest absolute Gasteiger partial charge is 0.489 e. The Balaban J connectivity index is 1.39. The highest BCUT2D eigenvalue weighted by molar-refractivity contribution is 6.32. The molecule has 0 spiro atoms. The molecule has 0 bridgehead atoms. The van der Waals surface area contributed by atoms with Crippen molar-refractivity contribution in [3.8, 4) is 11.5 Å². The van der Waals surface area contributed by atoms with Crippen LogP contribution in [0.2, 0.25) is 5.02 Å². The normalized spacial score (nSPS) is 14.8. The van der Waals surface area contributed by atoms with Gasteiger partial charge >= 0.3 is 0 Å². The molecule has 0 radical (unpaired) electrons. The summed E-state index contributed by atoms with van der Waals surface area (Å²) in [5, 5.41) is 10.4. The molecule has 2 aromatic heterocycles. The van der Waals surface area contributed by atoms with Gasteiger partial charge in [0.2, 0.25) is 5.91 Å². The highest BCUT2D eigenvalue weighted by atomic mass is 35.5. The highest BCUT2D eigenvalue weighted by Gasteiger charge is 2.23. The van der Waals surface area contributed by atoms with Crippen LogP contribution in [0.25, 0.3) is 10.9 Å². The first kappa shape index (κ1) is 25.6. The number of rotatable bonds is 10. The van der Waals surface area contributed by atoms with Crippen molar-refractivity contribution in [3.05, 3.63) is 71.8 Å². The fourth-order valence-electron chi connectivity index (χ4n) is 4.14. The standard InChI is InChI=1S/C27H26ClFN6O3/c28-20-12-17(6-7-24(20)38-15-18-4-1-2-9-30-18)34-26-19-13-23(35-27(36)21-5-3-10-31-21)25(37-11-8-29)14-22(19)32-16-33-26/h1-2,4,6-7,9,12-14,16,21,31H,3,5,8,10-11,15H2,(H,35,36)(H,32,33,34)/t21-/m1/s1. The summed E-state index contributed by atoms with van der Waals surface area (Å²) in [6, 6.07) is 14.0. The second-order valence-electron chi connectivity index (χ2n) is 8.64. The highest BCUT2D eigenvalue weighted by Crippen LogP contribution is 2.35. The van der Waals surface area contributed by atoms with Gasteiger partial charge in [-0.05, 0) is 55.8 Å². The smallest absolute Gasteiger partial charge is 0.241 e. The molecule has 0 aliphatic carbocycles. The summed E-state index contributed by atoms with van der Waals surface area (Å²) < 4.78 is 24.2. The van der Waals surface area contributed by atoms with Crippen molar-refractivity contribution in [2.75, 3.05) is 30.5 Å². The Hall–Kier alpha value is -4.02. The fourth-order valence-corrected chi connectivity index (χ4v) is 4.38. The molecule has 2 aromatic carbocycles. The lowest BCUT2D eigenvalue weighted by atomic mass is 10.1. The van der Waals surface area contributed by atoms with E-state index in [0.717, 1.165) is 25.1 Å². The van der Waals surface area contributed by atoms with E-state index < -0.39 is 6.67 Å². The van der Waals surface area contributed by atoms with E-state index in [1.165, 1.54) is 6.33 Å². The number of nitrogens with one attached hydrogen (secondary N) is 3. The number of fused-ring (bicyclic) bond motifs is 1. The predicted molar refractivity (Wildman–Crippen MR) is 144 cm³/mol. The molecule has 1 aliphatic heterocycles. The molecule has 3 heterocycles. The van der Waals surface area contributed by atoms with Crippen LogP contribution in [-0.2, 0) is 11.4 Å². The monoisotopic (exact) mass is 536 g/mol. The number of alkyl halides is 1. The molecule has 11 heteroatoms. The summed E-state index contributed by atoms with van der Waals surface area (Å²) in [5.74, 6) is 1.19. The summed E-state index contributed by atoms with van der Waals surface area (Å²) in [6.45, 7) is 0.286. The maximum Gasteiger partial charge on any atom is 0.241 e. The summed E-state index contributed by atoms with van der Waals surface area (Å²) in [4.78, 5) is 25.8. The first-order valence-corrected chi connectivity index (χ1v) is 12.6. The minimum Gasteiger partial charge on any atom is -0.489 e. The maximum absolute atomic E-state index is 12.9. The molecule has 1 atom stereocenters. The predicted octanol–water partition coefficient (Wildman–Crippen LogP) is 5.04. The van der Waals surface area contributed by atoms with E-state index in [0.29, 0.717) is 51.2 Å². The van der Waals surface area contributed by atoms with E-state index in [2.05, 4.69) is 30.9 Å². The number of amides is 1. The van der Waals surface area contributed by atoms with E-state index in [9.17, 15) is 9.18 Å². The third kappa shape index (κ3) is 6.09. The number of hydrogen-bond donors (Lipinski definition) is 3. The molecule has 38 heavy (non-hydrogen) atoms. The number of anilines is 3. The van der Waals surface area contributed by atoms with Gasteiger partial charge in [0.15, 0.2) is 0 Å². The average molecular weight is 537 g/mol. The zero-order valence-electron chi connectivity index (χ0n) is 20.4. The van der Waals surface area contributed by atoms with Gasteiger partial charge < -0.3 is 25.4 Å². The molecule has 9 nitrogen and oxygen atoms in total. The van der Waals surface area contributed by atoms with Crippen LogP contribution in [-0.4, -0.2) is 46.7 Å². The van der Waals surface area contributed by atoms with Crippen LogP contribution in [0, 0.1) is 0 Å². The van der Waals surface area contributed by atoms with E-state index in [4.69, 9.17) is 21.1 Å². The number of pyridine rings is 1. The van der Waals surface area contributed by atoms with Crippen molar-refractivity contribution in [3.63, 3.8) is 0 Å². The van der Waals surface area contributed by atoms with Crippen molar-refractivity contribution in [2.24, 2.45) is 0 Å². The van der Waals surface area contributed by atoms with Crippen molar-refractivity contribution in [1.29, 1.82) is 0 Å². The molecule has 0 saturated carbocycles. The molecule has 0 unspecified atom stereocenters. The zero-order chi connectivity index (χ0) is 26.3. The van der Waals surface area contributed by atoms with Crippen molar-refractivity contribution >= 4 is 45.6 Å². The number of ether oxygens (including phenoxy) is 2. The van der Waals surface area contributed by atoms with Gasteiger partial charge in [-0.3, -0.25) is 9.78 Å². The molecule has 1 fully saturated rings. The number of benzene rings is 2. The average Bonchev–Trinajstić information content (AvgIpc) is 3.48. The second kappa shape index (κ2) is 12.0. The van der Waals surface area contributed by atoms with E-state index >= 15 is 0 Å². The van der Waals surface area contributed by atoms with Crippen LogP contribution in [0.3, 0.4) is 0 Å². The number of carbonyl (C=O) groups excluding carboxylic acids is 1. The minimum absolute atomic E-state index is 0.139. The molecule has 1 saturated heterocycles. The van der Waals surface area contributed by atoms with Crippen LogP contribution >= 0.6 is 11.6 Å². The van der Waals surface area contributed by atoms with Gasteiger partial charge in [-0.15, -0.1) is 0 Å². The summed E-state index contributed by atoms with van der Waals surface area (Å²) in [6.07, 6.45) is 4.80. The quantitative estimate of drug-likeness (QED) is 0.258. The first-order chi connectivity index (χ1) is 18.6. The topological polar surface area (TPSA) is 110 Å². The van der Waals surface area contributed by atoms with Crippen molar-refractivity contribution in [2.45, 2.75) is 25.5 Å². The van der Waals surface area contributed by atoms with Gasteiger partial charge in [0, 0.05) is 23.3 Å². The lowest BCUT2D eigenvalue weighted by Crippen LogP contribution is -2.35. The third-order valence-corrected chi connectivity index (χ3v) is 6.30.